The molecule has 0 aromatic heterocycles. The zero-order valence-electron chi connectivity index (χ0n) is 11.8. The SMILES string of the molecule is C[C@]1(C#N)CCCN(C(=O)COCc2ccccc2)C1. The fraction of sp³-hybridized carbons (Fsp3) is 0.500. The fourth-order valence-electron chi connectivity index (χ4n) is 2.47. The van der Waals surface area contributed by atoms with E-state index in [9.17, 15) is 4.79 Å². The Labute approximate surface area is 120 Å². The van der Waals surface area contributed by atoms with Gasteiger partial charge in [-0.05, 0) is 25.3 Å². The number of piperidine rings is 1. The van der Waals surface area contributed by atoms with E-state index in [0.717, 1.165) is 24.9 Å². The summed E-state index contributed by atoms with van der Waals surface area (Å²) < 4.78 is 5.46. The van der Waals surface area contributed by atoms with E-state index in [2.05, 4.69) is 6.07 Å². The van der Waals surface area contributed by atoms with Crippen LogP contribution in [0, 0.1) is 16.7 Å². The zero-order chi connectivity index (χ0) is 14.4. The van der Waals surface area contributed by atoms with E-state index in [0.29, 0.717) is 13.2 Å². The Morgan fingerprint density at radius 3 is 2.90 bits per heavy atom. The topological polar surface area (TPSA) is 53.3 Å². The first-order valence-electron chi connectivity index (χ1n) is 6.94. The first-order chi connectivity index (χ1) is 9.63. The standard InChI is InChI=1S/C16H20N2O2/c1-16(12-17)8-5-9-18(13-16)15(19)11-20-10-14-6-3-2-4-7-14/h2-4,6-7H,5,8-11,13H2,1H3/t16-/m1/s1. The van der Waals surface area contributed by atoms with Crippen molar-refractivity contribution in [3.8, 4) is 6.07 Å². The second-order valence-electron chi connectivity index (χ2n) is 5.57. The molecule has 0 aliphatic carbocycles. The molecule has 1 saturated heterocycles. The minimum atomic E-state index is -0.409. The largest absolute Gasteiger partial charge is 0.367 e. The molecule has 1 aliphatic heterocycles. The van der Waals surface area contributed by atoms with E-state index in [1.807, 2.05) is 37.3 Å². The monoisotopic (exact) mass is 272 g/mol. The van der Waals surface area contributed by atoms with Crippen LogP contribution in [0.1, 0.15) is 25.3 Å². The summed E-state index contributed by atoms with van der Waals surface area (Å²) in [4.78, 5) is 13.8. The van der Waals surface area contributed by atoms with Gasteiger partial charge in [-0.2, -0.15) is 5.26 Å². The molecule has 4 heteroatoms. The molecule has 106 valence electrons. The van der Waals surface area contributed by atoms with Crippen LogP contribution in [-0.4, -0.2) is 30.5 Å². The molecule has 1 fully saturated rings. The molecule has 0 N–H and O–H groups in total. The van der Waals surface area contributed by atoms with Gasteiger partial charge in [0.25, 0.3) is 0 Å². The Balaban J connectivity index is 1.79. The highest BCUT2D eigenvalue weighted by molar-refractivity contribution is 5.77. The first-order valence-corrected chi connectivity index (χ1v) is 6.94. The summed E-state index contributed by atoms with van der Waals surface area (Å²) in [6, 6.07) is 12.1. The summed E-state index contributed by atoms with van der Waals surface area (Å²) in [6.45, 7) is 3.67. The predicted octanol–water partition coefficient (Wildman–Crippen LogP) is 2.36. The summed E-state index contributed by atoms with van der Waals surface area (Å²) in [7, 11) is 0. The maximum atomic E-state index is 12.1. The number of carbonyl (C=O) groups excluding carboxylic acids is 1. The van der Waals surface area contributed by atoms with Gasteiger partial charge in [-0.25, -0.2) is 0 Å². The molecular formula is C16H20N2O2. The highest BCUT2D eigenvalue weighted by atomic mass is 16.5. The number of hydrogen-bond acceptors (Lipinski definition) is 3. The number of hydrogen-bond donors (Lipinski definition) is 0. The van der Waals surface area contributed by atoms with E-state index in [1.54, 1.807) is 4.90 Å². The van der Waals surface area contributed by atoms with Crippen LogP contribution in [0.15, 0.2) is 30.3 Å². The van der Waals surface area contributed by atoms with Gasteiger partial charge in [0.1, 0.15) is 6.61 Å². The van der Waals surface area contributed by atoms with Crippen LogP contribution in [-0.2, 0) is 16.1 Å². The molecule has 1 aliphatic rings. The van der Waals surface area contributed by atoms with Gasteiger partial charge in [0.15, 0.2) is 0 Å². The summed E-state index contributed by atoms with van der Waals surface area (Å²) in [6.07, 6.45) is 1.74. The van der Waals surface area contributed by atoms with Gasteiger partial charge in [-0.1, -0.05) is 30.3 Å². The molecule has 2 rings (SSSR count). The van der Waals surface area contributed by atoms with Crippen LogP contribution in [0.25, 0.3) is 0 Å². The molecular weight excluding hydrogens is 252 g/mol. The van der Waals surface area contributed by atoms with Crippen molar-refractivity contribution in [2.75, 3.05) is 19.7 Å². The zero-order valence-corrected chi connectivity index (χ0v) is 11.8. The average Bonchev–Trinajstić information content (AvgIpc) is 2.48. The van der Waals surface area contributed by atoms with Crippen molar-refractivity contribution in [2.24, 2.45) is 5.41 Å². The third-order valence-electron chi connectivity index (χ3n) is 3.66. The van der Waals surface area contributed by atoms with Gasteiger partial charge >= 0.3 is 0 Å². The Bertz CT molecular complexity index is 495. The van der Waals surface area contributed by atoms with Crippen molar-refractivity contribution >= 4 is 5.91 Å². The lowest BCUT2D eigenvalue weighted by Gasteiger charge is -2.35. The Kier molecular flexibility index (Phi) is 4.75. The third kappa shape index (κ3) is 3.82. The smallest absolute Gasteiger partial charge is 0.248 e. The van der Waals surface area contributed by atoms with Crippen molar-refractivity contribution in [2.45, 2.75) is 26.4 Å². The minimum Gasteiger partial charge on any atom is -0.367 e. The van der Waals surface area contributed by atoms with E-state index in [4.69, 9.17) is 10.00 Å². The quantitative estimate of drug-likeness (QED) is 0.845. The number of benzene rings is 1. The summed E-state index contributed by atoms with van der Waals surface area (Å²) in [5.74, 6) is -0.0258. The average molecular weight is 272 g/mol. The second-order valence-corrected chi connectivity index (χ2v) is 5.57. The minimum absolute atomic E-state index is 0.0258. The maximum Gasteiger partial charge on any atom is 0.248 e. The maximum absolute atomic E-state index is 12.1. The van der Waals surface area contributed by atoms with Crippen LogP contribution in [0.2, 0.25) is 0 Å². The Morgan fingerprint density at radius 2 is 2.20 bits per heavy atom. The lowest BCUT2D eigenvalue weighted by Crippen LogP contribution is -2.45. The number of likely N-dealkylation sites (tertiary alicyclic amines) is 1. The predicted molar refractivity (Wildman–Crippen MR) is 75.6 cm³/mol. The third-order valence-corrected chi connectivity index (χ3v) is 3.66. The lowest BCUT2D eigenvalue weighted by molar-refractivity contribution is -0.139. The second kappa shape index (κ2) is 6.53. The van der Waals surface area contributed by atoms with Gasteiger partial charge in [0.05, 0.1) is 18.1 Å². The number of ether oxygens (including phenoxy) is 1. The molecule has 1 aromatic carbocycles. The van der Waals surface area contributed by atoms with Gasteiger partial charge in [-0.3, -0.25) is 4.79 Å². The highest BCUT2D eigenvalue weighted by Gasteiger charge is 2.32. The molecule has 4 nitrogen and oxygen atoms in total. The highest BCUT2D eigenvalue weighted by Crippen LogP contribution is 2.28. The van der Waals surface area contributed by atoms with E-state index in [-0.39, 0.29) is 12.5 Å². The molecule has 0 unspecified atom stereocenters. The molecule has 0 bridgehead atoms. The van der Waals surface area contributed by atoms with Crippen LogP contribution in [0.4, 0.5) is 0 Å². The van der Waals surface area contributed by atoms with Crippen molar-refractivity contribution < 1.29 is 9.53 Å². The summed E-state index contributed by atoms with van der Waals surface area (Å²) in [5, 5.41) is 9.16. The number of carbonyl (C=O) groups is 1. The van der Waals surface area contributed by atoms with Gasteiger partial charge in [0, 0.05) is 13.1 Å². The van der Waals surface area contributed by atoms with Crippen molar-refractivity contribution in [3.05, 3.63) is 35.9 Å². The molecule has 20 heavy (non-hydrogen) atoms. The lowest BCUT2D eigenvalue weighted by atomic mass is 9.83. The number of nitrogens with zero attached hydrogens (tertiary/aromatic N) is 2. The molecule has 1 amide bonds. The Morgan fingerprint density at radius 1 is 1.45 bits per heavy atom. The van der Waals surface area contributed by atoms with Gasteiger partial charge in [-0.15, -0.1) is 0 Å². The van der Waals surface area contributed by atoms with E-state index < -0.39 is 5.41 Å². The van der Waals surface area contributed by atoms with Crippen LogP contribution in [0.5, 0.6) is 0 Å². The molecule has 0 radical (unpaired) electrons. The van der Waals surface area contributed by atoms with Crippen LogP contribution >= 0.6 is 0 Å². The van der Waals surface area contributed by atoms with Crippen LogP contribution < -0.4 is 0 Å². The summed E-state index contributed by atoms with van der Waals surface area (Å²) in [5.41, 5.74) is 0.647. The molecule has 0 spiro atoms. The Hall–Kier alpha value is -1.86. The van der Waals surface area contributed by atoms with E-state index >= 15 is 0 Å². The first kappa shape index (κ1) is 14.5. The molecule has 0 saturated carbocycles. The van der Waals surface area contributed by atoms with Gasteiger partial charge in [0.2, 0.25) is 5.91 Å². The number of amides is 1. The number of nitriles is 1. The summed E-state index contributed by atoms with van der Waals surface area (Å²) >= 11 is 0. The van der Waals surface area contributed by atoms with Crippen LogP contribution in [0.3, 0.4) is 0 Å². The van der Waals surface area contributed by atoms with E-state index in [1.165, 1.54) is 0 Å². The molecule has 1 aromatic rings. The van der Waals surface area contributed by atoms with Crippen molar-refractivity contribution in [1.82, 2.24) is 4.90 Å². The molecule has 1 atom stereocenters. The molecule has 1 heterocycles. The normalized spacial score (nSPS) is 22.3. The van der Waals surface area contributed by atoms with Crippen molar-refractivity contribution in [3.63, 3.8) is 0 Å². The number of rotatable bonds is 4. The van der Waals surface area contributed by atoms with Crippen molar-refractivity contribution in [1.29, 1.82) is 5.26 Å². The van der Waals surface area contributed by atoms with Gasteiger partial charge < -0.3 is 9.64 Å². The fourth-order valence-corrected chi connectivity index (χ4v) is 2.47.